The topological polar surface area (TPSA) is 66.6 Å². The third-order valence-corrected chi connectivity index (χ3v) is 3.88. The van der Waals surface area contributed by atoms with Gasteiger partial charge in [0.25, 0.3) is 5.91 Å². The van der Waals surface area contributed by atoms with E-state index < -0.39 is 6.04 Å². The van der Waals surface area contributed by atoms with Crippen LogP contribution in [0.3, 0.4) is 0 Å². The first-order valence-electron chi connectivity index (χ1n) is 7.45. The summed E-state index contributed by atoms with van der Waals surface area (Å²) in [6.45, 7) is 6.01. The molecular formula is C16H23N3O2. The summed E-state index contributed by atoms with van der Waals surface area (Å²) in [4.78, 5) is 27.7. The number of rotatable bonds is 3. The van der Waals surface area contributed by atoms with Gasteiger partial charge in [-0.3, -0.25) is 9.59 Å². The number of amides is 2. The van der Waals surface area contributed by atoms with E-state index in [4.69, 9.17) is 5.73 Å². The molecule has 1 heterocycles. The summed E-state index contributed by atoms with van der Waals surface area (Å²) in [7, 11) is 0. The molecule has 2 rings (SSSR count). The Labute approximate surface area is 125 Å². The van der Waals surface area contributed by atoms with E-state index in [1.165, 1.54) is 5.56 Å². The van der Waals surface area contributed by atoms with Gasteiger partial charge in [0.2, 0.25) is 5.91 Å². The fourth-order valence-corrected chi connectivity index (χ4v) is 2.48. The first-order valence-corrected chi connectivity index (χ1v) is 7.45. The van der Waals surface area contributed by atoms with Crippen molar-refractivity contribution in [3.05, 3.63) is 35.4 Å². The van der Waals surface area contributed by atoms with Crippen LogP contribution in [0.5, 0.6) is 0 Å². The van der Waals surface area contributed by atoms with E-state index in [2.05, 4.69) is 6.92 Å². The van der Waals surface area contributed by atoms with Crippen molar-refractivity contribution in [2.24, 2.45) is 5.73 Å². The molecule has 0 bridgehead atoms. The van der Waals surface area contributed by atoms with Crippen molar-refractivity contribution in [2.45, 2.75) is 26.3 Å². The third-order valence-electron chi connectivity index (χ3n) is 3.88. The van der Waals surface area contributed by atoms with Gasteiger partial charge in [-0.1, -0.05) is 19.1 Å². The number of hydrogen-bond acceptors (Lipinski definition) is 3. The van der Waals surface area contributed by atoms with Gasteiger partial charge in [-0.15, -0.1) is 0 Å². The van der Waals surface area contributed by atoms with E-state index in [1.807, 2.05) is 24.3 Å². The highest BCUT2D eigenvalue weighted by atomic mass is 16.2. The van der Waals surface area contributed by atoms with Crippen LogP contribution in [0.25, 0.3) is 0 Å². The molecule has 0 saturated carbocycles. The SMILES string of the molecule is CCc1ccc(C(=O)N2CCN(C(=O)[C@@H](C)N)CC2)cc1. The lowest BCUT2D eigenvalue weighted by Gasteiger charge is -2.35. The number of carbonyl (C=O) groups is 2. The van der Waals surface area contributed by atoms with Crippen LogP contribution in [-0.4, -0.2) is 53.8 Å². The molecular weight excluding hydrogens is 266 g/mol. The molecule has 5 nitrogen and oxygen atoms in total. The van der Waals surface area contributed by atoms with Crippen LogP contribution in [0.4, 0.5) is 0 Å². The number of nitrogens with two attached hydrogens (primary N) is 1. The van der Waals surface area contributed by atoms with Gasteiger partial charge in [0.15, 0.2) is 0 Å². The maximum atomic E-state index is 12.4. The summed E-state index contributed by atoms with van der Waals surface area (Å²) >= 11 is 0. The summed E-state index contributed by atoms with van der Waals surface area (Å²) in [5, 5.41) is 0. The first kappa shape index (κ1) is 15.5. The average Bonchev–Trinajstić information content (AvgIpc) is 2.53. The summed E-state index contributed by atoms with van der Waals surface area (Å²) in [5.41, 5.74) is 7.54. The monoisotopic (exact) mass is 289 g/mol. The van der Waals surface area contributed by atoms with Crippen molar-refractivity contribution < 1.29 is 9.59 Å². The summed E-state index contributed by atoms with van der Waals surface area (Å²) in [6.07, 6.45) is 0.965. The van der Waals surface area contributed by atoms with Gasteiger partial charge < -0.3 is 15.5 Å². The second-order valence-corrected chi connectivity index (χ2v) is 5.46. The average molecular weight is 289 g/mol. The normalized spacial score (nSPS) is 16.7. The Hall–Kier alpha value is -1.88. The zero-order chi connectivity index (χ0) is 15.4. The summed E-state index contributed by atoms with van der Waals surface area (Å²) in [5.74, 6) is -0.0139. The fraction of sp³-hybridized carbons (Fsp3) is 0.500. The smallest absolute Gasteiger partial charge is 0.253 e. The minimum Gasteiger partial charge on any atom is -0.338 e. The molecule has 1 aromatic carbocycles. The second-order valence-electron chi connectivity index (χ2n) is 5.46. The molecule has 1 aromatic rings. The molecule has 114 valence electrons. The van der Waals surface area contributed by atoms with Crippen LogP contribution in [0, 0.1) is 0 Å². The van der Waals surface area contributed by atoms with Gasteiger partial charge in [0.1, 0.15) is 0 Å². The lowest BCUT2D eigenvalue weighted by atomic mass is 10.1. The van der Waals surface area contributed by atoms with Gasteiger partial charge in [0, 0.05) is 31.7 Å². The molecule has 21 heavy (non-hydrogen) atoms. The minimum atomic E-state index is -0.478. The lowest BCUT2D eigenvalue weighted by molar-refractivity contribution is -0.133. The summed E-state index contributed by atoms with van der Waals surface area (Å²) in [6, 6.07) is 7.25. The van der Waals surface area contributed by atoms with Gasteiger partial charge in [-0.25, -0.2) is 0 Å². The van der Waals surface area contributed by atoms with E-state index in [-0.39, 0.29) is 11.8 Å². The Bertz CT molecular complexity index is 503. The van der Waals surface area contributed by atoms with Crippen LogP contribution in [0.1, 0.15) is 29.8 Å². The van der Waals surface area contributed by atoms with Crippen molar-refractivity contribution >= 4 is 11.8 Å². The highest BCUT2D eigenvalue weighted by molar-refractivity contribution is 5.94. The maximum absolute atomic E-state index is 12.4. The van der Waals surface area contributed by atoms with E-state index in [0.717, 1.165) is 6.42 Å². The Morgan fingerprint density at radius 2 is 1.62 bits per heavy atom. The van der Waals surface area contributed by atoms with Crippen LogP contribution in [0.15, 0.2) is 24.3 Å². The van der Waals surface area contributed by atoms with Gasteiger partial charge in [-0.2, -0.15) is 0 Å². The highest BCUT2D eigenvalue weighted by Gasteiger charge is 2.25. The Kier molecular flexibility index (Phi) is 4.96. The molecule has 0 unspecified atom stereocenters. The molecule has 1 saturated heterocycles. The third kappa shape index (κ3) is 3.61. The largest absolute Gasteiger partial charge is 0.338 e. The quantitative estimate of drug-likeness (QED) is 0.898. The maximum Gasteiger partial charge on any atom is 0.253 e. The van der Waals surface area contributed by atoms with Crippen molar-refractivity contribution in [2.75, 3.05) is 26.2 Å². The molecule has 0 radical (unpaired) electrons. The Morgan fingerprint density at radius 1 is 1.10 bits per heavy atom. The first-order chi connectivity index (χ1) is 10.0. The molecule has 1 fully saturated rings. The number of carbonyl (C=O) groups excluding carboxylic acids is 2. The number of piperazine rings is 1. The molecule has 0 spiro atoms. The zero-order valence-corrected chi connectivity index (χ0v) is 12.7. The van der Waals surface area contributed by atoms with Gasteiger partial charge >= 0.3 is 0 Å². The van der Waals surface area contributed by atoms with Crippen molar-refractivity contribution in [1.82, 2.24) is 9.80 Å². The number of benzene rings is 1. The van der Waals surface area contributed by atoms with Crippen molar-refractivity contribution in [3.63, 3.8) is 0 Å². The standard InChI is InChI=1S/C16H23N3O2/c1-3-13-4-6-14(7-5-13)16(21)19-10-8-18(9-11-19)15(20)12(2)17/h4-7,12H,3,8-11,17H2,1-2H3/t12-/m1/s1. The van der Waals surface area contributed by atoms with Gasteiger partial charge in [-0.05, 0) is 31.0 Å². The lowest BCUT2D eigenvalue weighted by Crippen LogP contribution is -2.53. The van der Waals surface area contributed by atoms with E-state index in [1.54, 1.807) is 16.7 Å². The van der Waals surface area contributed by atoms with Crippen LogP contribution >= 0.6 is 0 Å². The summed E-state index contributed by atoms with van der Waals surface area (Å²) < 4.78 is 0. The van der Waals surface area contributed by atoms with E-state index in [0.29, 0.717) is 31.7 Å². The molecule has 1 aliphatic rings. The molecule has 1 atom stereocenters. The predicted molar refractivity (Wildman–Crippen MR) is 82.0 cm³/mol. The van der Waals surface area contributed by atoms with Crippen molar-refractivity contribution in [3.8, 4) is 0 Å². The Balaban J connectivity index is 1.95. The molecule has 2 N–H and O–H groups in total. The van der Waals surface area contributed by atoms with Crippen LogP contribution in [0.2, 0.25) is 0 Å². The molecule has 1 aliphatic heterocycles. The van der Waals surface area contributed by atoms with Crippen LogP contribution in [-0.2, 0) is 11.2 Å². The number of aryl methyl sites for hydroxylation is 1. The van der Waals surface area contributed by atoms with Crippen LogP contribution < -0.4 is 5.73 Å². The predicted octanol–water partition coefficient (Wildman–Crippen LogP) is 0.881. The van der Waals surface area contributed by atoms with E-state index >= 15 is 0 Å². The van der Waals surface area contributed by atoms with Gasteiger partial charge in [0.05, 0.1) is 6.04 Å². The molecule has 0 aliphatic carbocycles. The molecule has 0 aromatic heterocycles. The molecule has 2 amide bonds. The molecule has 5 heteroatoms. The zero-order valence-electron chi connectivity index (χ0n) is 12.7. The van der Waals surface area contributed by atoms with E-state index in [9.17, 15) is 9.59 Å². The second kappa shape index (κ2) is 6.72. The Morgan fingerprint density at radius 3 is 2.10 bits per heavy atom. The van der Waals surface area contributed by atoms with Crippen molar-refractivity contribution in [1.29, 1.82) is 0 Å². The fourth-order valence-electron chi connectivity index (χ4n) is 2.48. The number of hydrogen-bond donors (Lipinski definition) is 1. The number of nitrogens with zero attached hydrogens (tertiary/aromatic N) is 2. The minimum absolute atomic E-state index is 0.0329. The highest BCUT2D eigenvalue weighted by Crippen LogP contribution is 2.11.